The van der Waals surface area contributed by atoms with E-state index in [4.69, 9.17) is 11.1 Å². The van der Waals surface area contributed by atoms with E-state index in [9.17, 15) is 0 Å². The van der Waals surface area contributed by atoms with Crippen LogP contribution in [0.25, 0.3) is 0 Å². The smallest absolute Gasteiger partial charge is 0.122 e. The van der Waals surface area contributed by atoms with Crippen molar-refractivity contribution in [3.8, 4) is 0 Å². The minimum absolute atomic E-state index is 0.120. The van der Waals surface area contributed by atoms with Crippen molar-refractivity contribution in [3.63, 3.8) is 0 Å². The molecule has 0 unspecified atom stereocenters. The fourth-order valence-corrected chi connectivity index (χ4v) is 3.21. The maximum Gasteiger partial charge on any atom is 0.122 e. The fourth-order valence-electron chi connectivity index (χ4n) is 3.21. The predicted octanol–water partition coefficient (Wildman–Crippen LogP) is 3.26. The van der Waals surface area contributed by atoms with Gasteiger partial charge in [0.15, 0.2) is 0 Å². The summed E-state index contributed by atoms with van der Waals surface area (Å²) in [5.74, 6) is 1.93. The van der Waals surface area contributed by atoms with Gasteiger partial charge in [-0.3, -0.25) is 5.41 Å². The maximum absolute atomic E-state index is 7.54. The van der Waals surface area contributed by atoms with Gasteiger partial charge in [-0.05, 0) is 24.5 Å². The normalized spacial score (nSPS) is 16.0. The minimum atomic E-state index is 0.120. The van der Waals surface area contributed by atoms with E-state index < -0.39 is 0 Å². The number of hydrogen-bond donors (Lipinski definition) is 2. The largest absolute Gasteiger partial charge is 0.384 e. The van der Waals surface area contributed by atoms with Crippen LogP contribution in [-0.2, 0) is 6.54 Å². The van der Waals surface area contributed by atoms with Gasteiger partial charge in [0.25, 0.3) is 0 Å². The number of benzene rings is 1. The molecule has 0 amide bonds. The van der Waals surface area contributed by atoms with Crippen molar-refractivity contribution in [2.75, 3.05) is 0 Å². The standard InChI is InChI=1S/C17H22N4/c18-16(19)15-8-4-5-13(11-15)12-21-10-9-20-17(21)14-6-2-1-3-7-14/h4-5,8-11,14H,1-3,6-7,12H2,(H3,18,19). The van der Waals surface area contributed by atoms with Gasteiger partial charge in [-0.1, -0.05) is 37.5 Å². The van der Waals surface area contributed by atoms with E-state index in [0.717, 1.165) is 17.7 Å². The Morgan fingerprint density at radius 2 is 2.10 bits per heavy atom. The second kappa shape index (κ2) is 6.12. The van der Waals surface area contributed by atoms with E-state index in [2.05, 4.69) is 21.8 Å². The number of nitrogens with two attached hydrogens (primary N) is 1. The van der Waals surface area contributed by atoms with Gasteiger partial charge in [-0.25, -0.2) is 4.98 Å². The molecule has 21 heavy (non-hydrogen) atoms. The number of nitrogens with one attached hydrogen (secondary N) is 1. The lowest BCUT2D eigenvalue weighted by atomic mass is 9.88. The molecule has 1 aliphatic rings. The highest BCUT2D eigenvalue weighted by atomic mass is 15.1. The Morgan fingerprint density at radius 3 is 2.86 bits per heavy atom. The monoisotopic (exact) mass is 282 g/mol. The Labute approximate surface area is 125 Å². The van der Waals surface area contributed by atoms with Gasteiger partial charge in [0.1, 0.15) is 11.7 Å². The van der Waals surface area contributed by atoms with Crippen molar-refractivity contribution >= 4 is 5.84 Å². The van der Waals surface area contributed by atoms with Crippen LogP contribution in [0.15, 0.2) is 36.7 Å². The molecule has 0 aliphatic heterocycles. The Morgan fingerprint density at radius 1 is 1.29 bits per heavy atom. The molecule has 1 saturated carbocycles. The summed E-state index contributed by atoms with van der Waals surface area (Å²) in [6.07, 6.45) is 10.5. The molecule has 0 radical (unpaired) electrons. The van der Waals surface area contributed by atoms with Crippen LogP contribution in [0.1, 0.15) is 55.0 Å². The van der Waals surface area contributed by atoms with Crippen molar-refractivity contribution in [2.24, 2.45) is 5.73 Å². The molecule has 4 heteroatoms. The summed E-state index contributed by atoms with van der Waals surface area (Å²) in [6, 6.07) is 7.91. The second-order valence-electron chi connectivity index (χ2n) is 5.86. The Kier molecular flexibility index (Phi) is 4.04. The van der Waals surface area contributed by atoms with Crippen LogP contribution >= 0.6 is 0 Å². The first-order valence-electron chi connectivity index (χ1n) is 7.68. The Bertz CT molecular complexity index is 623. The lowest BCUT2D eigenvalue weighted by molar-refractivity contribution is 0.418. The third kappa shape index (κ3) is 3.15. The number of nitrogens with zero attached hydrogens (tertiary/aromatic N) is 2. The van der Waals surface area contributed by atoms with E-state index >= 15 is 0 Å². The highest BCUT2D eigenvalue weighted by molar-refractivity contribution is 5.95. The van der Waals surface area contributed by atoms with Crippen LogP contribution in [0.2, 0.25) is 0 Å². The Balaban J connectivity index is 1.80. The molecule has 1 heterocycles. The fraction of sp³-hybridized carbons (Fsp3) is 0.412. The summed E-state index contributed by atoms with van der Waals surface area (Å²) in [5.41, 5.74) is 7.52. The molecule has 0 saturated heterocycles. The van der Waals surface area contributed by atoms with Crippen molar-refractivity contribution < 1.29 is 0 Å². The number of aromatic nitrogens is 2. The summed E-state index contributed by atoms with van der Waals surface area (Å²) in [4.78, 5) is 4.59. The summed E-state index contributed by atoms with van der Waals surface area (Å²) >= 11 is 0. The van der Waals surface area contributed by atoms with Crippen LogP contribution in [0.4, 0.5) is 0 Å². The summed E-state index contributed by atoms with van der Waals surface area (Å²) in [7, 11) is 0. The first-order valence-corrected chi connectivity index (χ1v) is 7.68. The van der Waals surface area contributed by atoms with Gasteiger partial charge in [-0.15, -0.1) is 0 Å². The first kappa shape index (κ1) is 13.9. The predicted molar refractivity (Wildman–Crippen MR) is 84.6 cm³/mol. The number of imidazole rings is 1. The minimum Gasteiger partial charge on any atom is -0.384 e. The van der Waals surface area contributed by atoms with Crippen molar-refractivity contribution in [1.82, 2.24) is 9.55 Å². The highest BCUT2D eigenvalue weighted by Gasteiger charge is 2.19. The summed E-state index contributed by atoms with van der Waals surface area (Å²) < 4.78 is 2.25. The lowest BCUT2D eigenvalue weighted by Gasteiger charge is -2.22. The third-order valence-corrected chi connectivity index (χ3v) is 4.31. The van der Waals surface area contributed by atoms with Gasteiger partial charge >= 0.3 is 0 Å². The molecule has 1 fully saturated rings. The van der Waals surface area contributed by atoms with Crippen LogP contribution in [0, 0.1) is 5.41 Å². The average Bonchev–Trinajstić information content (AvgIpc) is 2.96. The number of nitrogen functional groups attached to an aromatic ring is 1. The molecule has 0 atom stereocenters. The average molecular weight is 282 g/mol. The molecule has 3 N–H and O–H groups in total. The van der Waals surface area contributed by atoms with Gasteiger partial charge in [-0.2, -0.15) is 0 Å². The summed E-state index contributed by atoms with van der Waals surface area (Å²) in [6.45, 7) is 0.799. The lowest BCUT2D eigenvalue weighted by Crippen LogP contribution is -2.14. The van der Waals surface area contributed by atoms with Crippen molar-refractivity contribution in [1.29, 1.82) is 5.41 Å². The summed E-state index contributed by atoms with van der Waals surface area (Å²) in [5, 5.41) is 7.54. The molecule has 2 aromatic rings. The molecule has 3 rings (SSSR count). The number of amidine groups is 1. The molecular formula is C17H22N4. The topological polar surface area (TPSA) is 67.7 Å². The van der Waals surface area contributed by atoms with Crippen LogP contribution < -0.4 is 5.73 Å². The quantitative estimate of drug-likeness (QED) is 0.667. The highest BCUT2D eigenvalue weighted by Crippen LogP contribution is 2.31. The van der Waals surface area contributed by atoms with E-state index in [0.29, 0.717) is 5.92 Å². The zero-order valence-electron chi connectivity index (χ0n) is 12.3. The molecule has 1 aromatic carbocycles. The van der Waals surface area contributed by atoms with E-state index in [-0.39, 0.29) is 5.84 Å². The van der Waals surface area contributed by atoms with E-state index in [1.807, 2.05) is 24.4 Å². The molecule has 110 valence electrons. The third-order valence-electron chi connectivity index (χ3n) is 4.31. The van der Waals surface area contributed by atoms with Crippen LogP contribution in [-0.4, -0.2) is 15.4 Å². The van der Waals surface area contributed by atoms with Gasteiger partial charge in [0.05, 0.1) is 0 Å². The zero-order valence-corrected chi connectivity index (χ0v) is 12.3. The van der Waals surface area contributed by atoms with Gasteiger partial charge < -0.3 is 10.3 Å². The van der Waals surface area contributed by atoms with Crippen molar-refractivity contribution in [3.05, 3.63) is 53.6 Å². The molecular weight excluding hydrogens is 260 g/mol. The first-order chi connectivity index (χ1) is 10.2. The van der Waals surface area contributed by atoms with Crippen LogP contribution in [0.3, 0.4) is 0 Å². The number of rotatable bonds is 4. The maximum atomic E-state index is 7.54. The molecule has 1 aliphatic carbocycles. The number of hydrogen-bond acceptors (Lipinski definition) is 2. The molecule has 0 spiro atoms. The van der Waals surface area contributed by atoms with E-state index in [1.54, 1.807) is 0 Å². The molecule has 4 nitrogen and oxygen atoms in total. The van der Waals surface area contributed by atoms with E-state index in [1.165, 1.54) is 37.9 Å². The van der Waals surface area contributed by atoms with Gasteiger partial charge in [0.2, 0.25) is 0 Å². The SMILES string of the molecule is N=C(N)c1cccc(Cn2ccnc2C2CCCCC2)c1. The van der Waals surface area contributed by atoms with Crippen molar-refractivity contribution in [2.45, 2.75) is 44.6 Å². The Hall–Kier alpha value is -2.10. The zero-order chi connectivity index (χ0) is 14.7. The molecule has 1 aromatic heterocycles. The molecule has 0 bridgehead atoms. The van der Waals surface area contributed by atoms with Gasteiger partial charge in [0, 0.05) is 30.4 Å². The second-order valence-corrected chi connectivity index (χ2v) is 5.86. The van der Waals surface area contributed by atoms with Crippen LogP contribution in [0.5, 0.6) is 0 Å².